The van der Waals surface area contributed by atoms with Crippen molar-refractivity contribution in [1.82, 2.24) is 14.8 Å². The molecule has 2 aromatic rings. The first-order chi connectivity index (χ1) is 7.65. The molecule has 86 valence electrons. The summed E-state index contributed by atoms with van der Waals surface area (Å²) in [4.78, 5) is 4.34. The topological polar surface area (TPSA) is 68.8 Å². The van der Waals surface area contributed by atoms with Gasteiger partial charge in [-0.3, -0.25) is 0 Å². The molecule has 0 aromatic carbocycles. The van der Waals surface area contributed by atoms with E-state index < -0.39 is 0 Å². The molecule has 0 atom stereocenters. The number of pyridine rings is 1. The standard InChI is InChI=1S/C11H17N5/c1-4-13-10-8-5-15-16(7(2)3)11(8)14-6-9(10)12/h5-7H,4,12H2,1-3H3,(H,13,14). The largest absolute Gasteiger partial charge is 0.396 e. The van der Waals surface area contributed by atoms with Crippen LogP contribution in [0.25, 0.3) is 11.0 Å². The van der Waals surface area contributed by atoms with Crippen LogP contribution in [0.3, 0.4) is 0 Å². The molecule has 0 aliphatic carbocycles. The van der Waals surface area contributed by atoms with Gasteiger partial charge in [0.15, 0.2) is 5.65 Å². The number of hydrogen-bond donors (Lipinski definition) is 2. The van der Waals surface area contributed by atoms with Gasteiger partial charge in [-0.15, -0.1) is 0 Å². The number of aromatic nitrogens is 3. The van der Waals surface area contributed by atoms with E-state index in [0.29, 0.717) is 11.7 Å². The van der Waals surface area contributed by atoms with Gasteiger partial charge in [0.1, 0.15) is 0 Å². The Bertz CT molecular complexity index is 500. The number of hydrogen-bond acceptors (Lipinski definition) is 4. The maximum Gasteiger partial charge on any atom is 0.160 e. The zero-order valence-electron chi connectivity index (χ0n) is 9.86. The van der Waals surface area contributed by atoms with E-state index in [9.17, 15) is 0 Å². The van der Waals surface area contributed by atoms with Crippen LogP contribution in [0.1, 0.15) is 26.8 Å². The molecule has 0 aliphatic rings. The number of nitrogen functional groups attached to an aromatic ring is 1. The average Bonchev–Trinajstić information content (AvgIpc) is 2.66. The smallest absolute Gasteiger partial charge is 0.160 e. The van der Waals surface area contributed by atoms with Crippen LogP contribution in [0.15, 0.2) is 12.4 Å². The Balaban J connectivity index is 2.65. The predicted molar refractivity (Wildman–Crippen MR) is 66.5 cm³/mol. The number of anilines is 2. The lowest BCUT2D eigenvalue weighted by Gasteiger charge is -2.10. The van der Waals surface area contributed by atoms with Gasteiger partial charge in [0.2, 0.25) is 0 Å². The molecule has 5 nitrogen and oxygen atoms in total. The normalized spacial score (nSPS) is 11.2. The molecule has 3 N–H and O–H groups in total. The third-order valence-corrected chi connectivity index (χ3v) is 2.50. The fraction of sp³-hybridized carbons (Fsp3) is 0.455. The van der Waals surface area contributed by atoms with Crippen LogP contribution >= 0.6 is 0 Å². The molecule has 0 spiro atoms. The minimum atomic E-state index is 0.295. The van der Waals surface area contributed by atoms with Gasteiger partial charge >= 0.3 is 0 Å². The van der Waals surface area contributed by atoms with E-state index in [1.807, 2.05) is 17.8 Å². The van der Waals surface area contributed by atoms with E-state index in [0.717, 1.165) is 23.3 Å². The van der Waals surface area contributed by atoms with E-state index in [-0.39, 0.29) is 0 Å². The number of nitrogens with zero attached hydrogens (tertiary/aromatic N) is 3. The summed E-state index contributed by atoms with van der Waals surface area (Å²) in [6.07, 6.45) is 3.50. The number of nitrogens with two attached hydrogens (primary N) is 1. The second-order valence-electron chi connectivity index (χ2n) is 4.04. The van der Waals surface area contributed by atoms with Crippen molar-refractivity contribution in [3.8, 4) is 0 Å². The van der Waals surface area contributed by atoms with E-state index >= 15 is 0 Å². The molecule has 2 rings (SSSR count). The van der Waals surface area contributed by atoms with E-state index in [4.69, 9.17) is 5.73 Å². The number of nitrogens with one attached hydrogen (secondary N) is 1. The average molecular weight is 219 g/mol. The Morgan fingerprint density at radius 1 is 1.44 bits per heavy atom. The Morgan fingerprint density at radius 2 is 2.19 bits per heavy atom. The molecule has 0 radical (unpaired) electrons. The zero-order chi connectivity index (χ0) is 11.7. The van der Waals surface area contributed by atoms with Gasteiger partial charge < -0.3 is 11.1 Å². The summed E-state index contributed by atoms with van der Waals surface area (Å²) < 4.78 is 1.90. The second kappa shape index (κ2) is 4.00. The fourth-order valence-electron chi connectivity index (χ4n) is 1.76. The molecule has 0 aliphatic heterocycles. The number of fused-ring (bicyclic) bond motifs is 1. The molecule has 5 heteroatoms. The summed E-state index contributed by atoms with van der Waals surface area (Å²) in [5.41, 5.74) is 8.37. The summed E-state index contributed by atoms with van der Waals surface area (Å²) in [5, 5.41) is 8.57. The van der Waals surface area contributed by atoms with Crippen molar-refractivity contribution in [2.75, 3.05) is 17.6 Å². The van der Waals surface area contributed by atoms with Crippen LogP contribution in [0.2, 0.25) is 0 Å². The first kappa shape index (κ1) is 10.7. The Kier molecular flexibility index (Phi) is 2.68. The molecule has 16 heavy (non-hydrogen) atoms. The van der Waals surface area contributed by atoms with Crippen molar-refractivity contribution < 1.29 is 0 Å². The highest BCUT2D eigenvalue weighted by Crippen LogP contribution is 2.28. The zero-order valence-corrected chi connectivity index (χ0v) is 9.86. The minimum absolute atomic E-state index is 0.295. The van der Waals surface area contributed by atoms with Crippen LogP contribution in [-0.2, 0) is 0 Å². The monoisotopic (exact) mass is 219 g/mol. The quantitative estimate of drug-likeness (QED) is 0.828. The second-order valence-corrected chi connectivity index (χ2v) is 4.04. The van der Waals surface area contributed by atoms with Gasteiger partial charge in [0.05, 0.1) is 29.2 Å². The summed E-state index contributed by atoms with van der Waals surface area (Å²) in [5.74, 6) is 0. The maximum absolute atomic E-state index is 5.90. The fourth-order valence-corrected chi connectivity index (χ4v) is 1.76. The predicted octanol–water partition coefficient (Wildman–Crippen LogP) is 2.03. The minimum Gasteiger partial charge on any atom is -0.396 e. The summed E-state index contributed by atoms with van der Waals surface area (Å²) in [6, 6.07) is 0.295. The summed E-state index contributed by atoms with van der Waals surface area (Å²) in [6.45, 7) is 7.03. The van der Waals surface area contributed by atoms with Gasteiger partial charge in [-0.1, -0.05) is 0 Å². The molecule has 0 saturated heterocycles. The first-order valence-electron chi connectivity index (χ1n) is 5.50. The van der Waals surface area contributed by atoms with Crippen LogP contribution in [0.5, 0.6) is 0 Å². The van der Waals surface area contributed by atoms with Gasteiger partial charge in [-0.2, -0.15) is 5.10 Å². The Hall–Kier alpha value is -1.78. The lowest BCUT2D eigenvalue weighted by atomic mass is 10.2. The van der Waals surface area contributed by atoms with Crippen LogP contribution in [0, 0.1) is 0 Å². The van der Waals surface area contributed by atoms with Crippen molar-refractivity contribution in [2.24, 2.45) is 0 Å². The highest BCUT2D eigenvalue weighted by Gasteiger charge is 2.12. The summed E-state index contributed by atoms with van der Waals surface area (Å²) in [7, 11) is 0. The van der Waals surface area contributed by atoms with Crippen molar-refractivity contribution in [1.29, 1.82) is 0 Å². The van der Waals surface area contributed by atoms with Crippen LogP contribution in [-0.4, -0.2) is 21.3 Å². The Labute approximate surface area is 94.7 Å². The third-order valence-electron chi connectivity index (χ3n) is 2.50. The van der Waals surface area contributed by atoms with Gasteiger partial charge in [-0.25, -0.2) is 9.67 Å². The van der Waals surface area contributed by atoms with Crippen molar-refractivity contribution in [3.05, 3.63) is 12.4 Å². The van der Waals surface area contributed by atoms with E-state index in [1.54, 1.807) is 6.20 Å². The molecule has 0 unspecified atom stereocenters. The highest BCUT2D eigenvalue weighted by molar-refractivity contribution is 5.95. The maximum atomic E-state index is 5.90. The van der Waals surface area contributed by atoms with Crippen molar-refractivity contribution in [2.45, 2.75) is 26.8 Å². The SMILES string of the molecule is CCNc1c(N)cnc2c1cnn2C(C)C. The van der Waals surface area contributed by atoms with E-state index in [1.165, 1.54) is 0 Å². The lowest BCUT2D eigenvalue weighted by molar-refractivity contribution is 0.546. The molecule has 0 bridgehead atoms. The van der Waals surface area contributed by atoms with Gasteiger partial charge in [-0.05, 0) is 20.8 Å². The summed E-state index contributed by atoms with van der Waals surface area (Å²) >= 11 is 0. The first-order valence-corrected chi connectivity index (χ1v) is 5.50. The van der Waals surface area contributed by atoms with Crippen molar-refractivity contribution in [3.63, 3.8) is 0 Å². The molecule has 2 aromatic heterocycles. The molecular weight excluding hydrogens is 202 g/mol. The highest BCUT2D eigenvalue weighted by atomic mass is 15.3. The lowest BCUT2D eigenvalue weighted by Crippen LogP contribution is -2.05. The van der Waals surface area contributed by atoms with Gasteiger partial charge in [0.25, 0.3) is 0 Å². The molecule has 2 heterocycles. The molecule has 0 fully saturated rings. The molecule has 0 amide bonds. The van der Waals surface area contributed by atoms with Crippen LogP contribution < -0.4 is 11.1 Å². The molecule has 0 saturated carbocycles. The van der Waals surface area contributed by atoms with Gasteiger partial charge in [0, 0.05) is 12.6 Å². The Morgan fingerprint density at radius 3 is 2.81 bits per heavy atom. The van der Waals surface area contributed by atoms with Crippen molar-refractivity contribution >= 4 is 22.4 Å². The third kappa shape index (κ3) is 1.58. The van der Waals surface area contributed by atoms with Crippen LogP contribution in [0.4, 0.5) is 11.4 Å². The molecular formula is C11H17N5. The van der Waals surface area contributed by atoms with E-state index in [2.05, 4.69) is 29.2 Å². The number of rotatable bonds is 3.